The fourth-order valence-electron chi connectivity index (χ4n) is 3.32. The van der Waals surface area contributed by atoms with Crippen molar-refractivity contribution in [2.45, 2.75) is 31.6 Å². The first-order chi connectivity index (χ1) is 12.2. The topological polar surface area (TPSA) is 62.2 Å². The van der Waals surface area contributed by atoms with E-state index in [1.54, 1.807) is 0 Å². The molecule has 2 saturated heterocycles. The normalized spacial score (nSPS) is 23.5. The lowest BCUT2D eigenvalue weighted by molar-refractivity contribution is -0.0817. The molecule has 26 heavy (non-hydrogen) atoms. The highest BCUT2D eigenvalue weighted by Gasteiger charge is 2.32. The summed E-state index contributed by atoms with van der Waals surface area (Å²) in [5.74, 6) is 1.87. The number of aromatic nitrogens is 1. The minimum atomic E-state index is 0. The lowest BCUT2D eigenvalue weighted by atomic mass is 10.1. The van der Waals surface area contributed by atoms with E-state index in [0.29, 0.717) is 6.61 Å². The lowest BCUT2D eigenvalue weighted by Crippen LogP contribution is -2.53. The summed E-state index contributed by atoms with van der Waals surface area (Å²) in [4.78, 5) is 13.1. The molecule has 1 aromatic heterocycles. The summed E-state index contributed by atoms with van der Waals surface area (Å²) < 4.78 is 11.7. The zero-order valence-electron chi connectivity index (χ0n) is 15.9. The number of pyridine rings is 1. The van der Waals surface area contributed by atoms with Crippen LogP contribution >= 0.6 is 24.0 Å². The molecule has 7 nitrogen and oxygen atoms in total. The van der Waals surface area contributed by atoms with Gasteiger partial charge in [0.25, 0.3) is 0 Å². The Morgan fingerprint density at radius 2 is 2.15 bits per heavy atom. The molecule has 2 aliphatic heterocycles. The molecule has 1 aromatic rings. The van der Waals surface area contributed by atoms with E-state index in [1.165, 1.54) is 5.56 Å². The number of nitrogens with zero attached hydrogens (tertiary/aromatic N) is 4. The summed E-state index contributed by atoms with van der Waals surface area (Å²) in [6.45, 7) is 3.96. The molecular formula is C18H30IN5O2. The maximum absolute atomic E-state index is 5.93. The number of rotatable bonds is 4. The van der Waals surface area contributed by atoms with Crippen LogP contribution in [-0.4, -0.2) is 75.5 Å². The van der Waals surface area contributed by atoms with E-state index in [-0.39, 0.29) is 36.2 Å². The minimum Gasteiger partial charge on any atom is -0.375 e. The van der Waals surface area contributed by atoms with Crippen LogP contribution in [0.4, 0.5) is 5.82 Å². The third-order valence-corrected chi connectivity index (χ3v) is 4.70. The van der Waals surface area contributed by atoms with Crippen LogP contribution < -0.4 is 10.2 Å². The van der Waals surface area contributed by atoms with Crippen molar-refractivity contribution in [1.82, 2.24) is 15.2 Å². The number of morpholine rings is 1. The van der Waals surface area contributed by atoms with Gasteiger partial charge in [-0.2, -0.15) is 0 Å². The SMILES string of the molecule is CN=C(NCc1ccnc(N(C)C)c1)N1CCOC(C2CCCO2)C1.I. The molecule has 0 saturated carbocycles. The molecule has 3 rings (SSSR count). The van der Waals surface area contributed by atoms with E-state index in [1.807, 2.05) is 38.3 Å². The van der Waals surface area contributed by atoms with Gasteiger partial charge in [0.05, 0.1) is 12.7 Å². The predicted molar refractivity (Wildman–Crippen MR) is 114 cm³/mol. The number of hydrogen-bond acceptors (Lipinski definition) is 5. The summed E-state index contributed by atoms with van der Waals surface area (Å²) >= 11 is 0. The summed E-state index contributed by atoms with van der Waals surface area (Å²) in [5, 5.41) is 3.47. The highest BCUT2D eigenvalue weighted by Crippen LogP contribution is 2.21. The molecular weight excluding hydrogens is 445 g/mol. The van der Waals surface area contributed by atoms with E-state index in [2.05, 4.69) is 26.3 Å². The monoisotopic (exact) mass is 475 g/mol. The van der Waals surface area contributed by atoms with Gasteiger partial charge in [0.15, 0.2) is 5.96 Å². The Bertz CT molecular complexity index is 593. The van der Waals surface area contributed by atoms with Crippen LogP contribution in [-0.2, 0) is 16.0 Å². The van der Waals surface area contributed by atoms with Crippen LogP contribution in [0.15, 0.2) is 23.3 Å². The second kappa shape index (κ2) is 10.3. The Hall–Kier alpha value is -1.13. The smallest absolute Gasteiger partial charge is 0.194 e. The van der Waals surface area contributed by atoms with Gasteiger partial charge in [-0.05, 0) is 30.5 Å². The Kier molecular flexibility index (Phi) is 8.36. The van der Waals surface area contributed by atoms with E-state index in [9.17, 15) is 0 Å². The third-order valence-electron chi connectivity index (χ3n) is 4.70. The summed E-state index contributed by atoms with van der Waals surface area (Å²) in [5.41, 5.74) is 1.18. The van der Waals surface area contributed by atoms with Crippen molar-refractivity contribution in [3.05, 3.63) is 23.9 Å². The molecule has 2 unspecified atom stereocenters. The number of hydrogen-bond donors (Lipinski definition) is 1. The molecule has 0 spiro atoms. The first-order valence-electron chi connectivity index (χ1n) is 8.98. The fourth-order valence-corrected chi connectivity index (χ4v) is 3.32. The maximum atomic E-state index is 5.93. The van der Waals surface area contributed by atoms with Crippen molar-refractivity contribution in [3.63, 3.8) is 0 Å². The second-order valence-corrected chi connectivity index (χ2v) is 6.72. The molecule has 0 aliphatic carbocycles. The quantitative estimate of drug-likeness (QED) is 0.407. The van der Waals surface area contributed by atoms with Crippen LogP contribution in [0.5, 0.6) is 0 Å². The number of anilines is 1. The van der Waals surface area contributed by atoms with Gasteiger partial charge in [0.2, 0.25) is 0 Å². The van der Waals surface area contributed by atoms with Crippen LogP contribution in [0, 0.1) is 0 Å². The Morgan fingerprint density at radius 1 is 1.35 bits per heavy atom. The van der Waals surface area contributed by atoms with Gasteiger partial charge in [-0.15, -0.1) is 24.0 Å². The van der Waals surface area contributed by atoms with Gasteiger partial charge in [-0.25, -0.2) is 4.98 Å². The lowest BCUT2D eigenvalue weighted by Gasteiger charge is -2.37. The number of ether oxygens (including phenoxy) is 2. The Balaban J connectivity index is 0.00000243. The standard InChI is InChI=1S/C18H29N5O2.HI/c1-19-18(21-12-14-6-7-20-17(11-14)22(2)3)23-8-10-25-16(13-23)15-5-4-9-24-15;/h6-7,11,15-16H,4-5,8-10,12-13H2,1-3H3,(H,19,21);1H. The van der Waals surface area contributed by atoms with Crippen molar-refractivity contribution in [2.24, 2.45) is 4.99 Å². The molecule has 2 fully saturated rings. The molecule has 0 aromatic carbocycles. The van der Waals surface area contributed by atoms with E-state index >= 15 is 0 Å². The van der Waals surface area contributed by atoms with Gasteiger partial charge in [0.1, 0.15) is 11.9 Å². The molecule has 0 amide bonds. The van der Waals surface area contributed by atoms with Crippen LogP contribution in [0.2, 0.25) is 0 Å². The van der Waals surface area contributed by atoms with E-state index < -0.39 is 0 Å². The molecule has 146 valence electrons. The van der Waals surface area contributed by atoms with Crippen LogP contribution in [0.3, 0.4) is 0 Å². The maximum Gasteiger partial charge on any atom is 0.194 e. The molecule has 0 radical (unpaired) electrons. The highest BCUT2D eigenvalue weighted by atomic mass is 127. The summed E-state index contributed by atoms with van der Waals surface area (Å²) in [6, 6.07) is 4.12. The van der Waals surface area contributed by atoms with Crippen molar-refractivity contribution in [2.75, 3.05) is 52.3 Å². The molecule has 3 heterocycles. The Labute approximate surface area is 173 Å². The van der Waals surface area contributed by atoms with E-state index in [4.69, 9.17) is 9.47 Å². The highest BCUT2D eigenvalue weighted by molar-refractivity contribution is 14.0. The average molecular weight is 475 g/mol. The molecule has 1 N–H and O–H groups in total. The molecule has 2 atom stereocenters. The van der Waals surface area contributed by atoms with Crippen molar-refractivity contribution in [3.8, 4) is 0 Å². The van der Waals surface area contributed by atoms with Gasteiger partial charge >= 0.3 is 0 Å². The summed E-state index contributed by atoms with van der Waals surface area (Å²) in [7, 11) is 5.82. The van der Waals surface area contributed by atoms with Gasteiger partial charge in [-0.3, -0.25) is 4.99 Å². The van der Waals surface area contributed by atoms with Crippen LogP contribution in [0.25, 0.3) is 0 Å². The molecule has 0 bridgehead atoms. The van der Waals surface area contributed by atoms with Gasteiger partial charge in [0, 0.05) is 53.6 Å². The van der Waals surface area contributed by atoms with Crippen LogP contribution in [0.1, 0.15) is 18.4 Å². The Morgan fingerprint density at radius 3 is 2.85 bits per heavy atom. The first kappa shape index (κ1) is 21.2. The number of nitrogens with one attached hydrogen (secondary N) is 1. The zero-order chi connectivity index (χ0) is 17.6. The first-order valence-corrected chi connectivity index (χ1v) is 8.98. The zero-order valence-corrected chi connectivity index (χ0v) is 18.2. The minimum absolute atomic E-state index is 0. The summed E-state index contributed by atoms with van der Waals surface area (Å²) in [6.07, 6.45) is 4.43. The largest absolute Gasteiger partial charge is 0.375 e. The van der Waals surface area contributed by atoms with Crippen molar-refractivity contribution >= 4 is 35.8 Å². The molecule has 8 heteroatoms. The third kappa shape index (κ3) is 5.43. The number of aliphatic imine (C=N–C) groups is 1. The van der Waals surface area contributed by atoms with Gasteiger partial charge < -0.3 is 24.6 Å². The number of halogens is 1. The number of guanidine groups is 1. The fraction of sp³-hybridized carbons (Fsp3) is 0.667. The van der Waals surface area contributed by atoms with Gasteiger partial charge in [-0.1, -0.05) is 0 Å². The second-order valence-electron chi connectivity index (χ2n) is 6.72. The van der Waals surface area contributed by atoms with Crippen molar-refractivity contribution < 1.29 is 9.47 Å². The van der Waals surface area contributed by atoms with E-state index in [0.717, 1.165) is 50.9 Å². The molecule has 2 aliphatic rings. The van der Waals surface area contributed by atoms with Crippen molar-refractivity contribution in [1.29, 1.82) is 0 Å². The predicted octanol–water partition coefficient (Wildman–Crippen LogP) is 1.72. The average Bonchev–Trinajstić information content (AvgIpc) is 3.17.